The quantitative estimate of drug-likeness (QED) is 0.361. The standard InChI is InChI=1S/C25H20N4O4/c1-4-25(31,24-27-14-15(2)33-24)12-11-16-7-5-8-17(13-16)23-28-20-18(21(29-23)22(26)30)9-6-10-19(20)32-3/h4-10,13-14,31H,1H2,2-3H3,(H2,26,30). The van der Waals surface area contributed by atoms with Gasteiger partial charge in [0.25, 0.3) is 5.91 Å². The molecule has 0 aliphatic carbocycles. The maximum Gasteiger partial charge on any atom is 0.268 e. The number of primary amides is 1. The molecule has 1 unspecified atom stereocenters. The largest absolute Gasteiger partial charge is 0.494 e. The van der Waals surface area contributed by atoms with Crippen LogP contribution in [-0.2, 0) is 5.60 Å². The zero-order chi connectivity index (χ0) is 23.6. The van der Waals surface area contributed by atoms with Crippen LogP contribution in [0.15, 0.2) is 65.7 Å². The predicted molar refractivity (Wildman–Crippen MR) is 122 cm³/mol. The Kier molecular flexibility index (Phi) is 5.65. The number of methoxy groups -OCH3 is 1. The van der Waals surface area contributed by atoms with Crippen LogP contribution < -0.4 is 10.5 Å². The van der Waals surface area contributed by atoms with E-state index in [1.807, 2.05) is 0 Å². The van der Waals surface area contributed by atoms with Gasteiger partial charge in [-0.25, -0.2) is 15.0 Å². The van der Waals surface area contributed by atoms with Crippen LogP contribution in [0.25, 0.3) is 22.3 Å². The summed E-state index contributed by atoms with van der Waals surface area (Å²) in [4.78, 5) is 25.1. The van der Waals surface area contributed by atoms with Gasteiger partial charge in [0.1, 0.15) is 22.7 Å². The molecule has 0 bridgehead atoms. The second-order valence-corrected chi connectivity index (χ2v) is 7.19. The molecule has 164 valence electrons. The van der Waals surface area contributed by atoms with Crippen LogP contribution >= 0.6 is 0 Å². The van der Waals surface area contributed by atoms with Crippen molar-refractivity contribution in [3.8, 4) is 29.0 Å². The Hall–Kier alpha value is -4.48. The fourth-order valence-corrected chi connectivity index (χ4v) is 3.23. The van der Waals surface area contributed by atoms with Gasteiger partial charge < -0.3 is 20.0 Å². The van der Waals surface area contributed by atoms with Gasteiger partial charge in [0, 0.05) is 16.5 Å². The van der Waals surface area contributed by atoms with Gasteiger partial charge in [0.2, 0.25) is 11.5 Å². The first-order valence-corrected chi connectivity index (χ1v) is 9.91. The van der Waals surface area contributed by atoms with Gasteiger partial charge in [-0.3, -0.25) is 4.79 Å². The Morgan fingerprint density at radius 2 is 2.06 bits per heavy atom. The predicted octanol–water partition coefficient (Wildman–Crippen LogP) is 3.13. The lowest BCUT2D eigenvalue weighted by Crippen LogP contribution is -2.20. The molecule has 4 rings (SSSR count). The van der Waals surface area contributed by atoms with Crippen molar-refractivity contribution in [2.45, 2.75) is 12.5 Å². The molecule has 0 spiro atoms. The number of hydrogen-bond donors (Lipinski definition) is 2. The third kappa shape index (κ3) is 4.18. The molecule has 2 aromatic heterocycles. The summed E-state index contributed by atoms with van der Waals surface area (Å²) >= 11 is 0. The summed E-state index contributed by atoms with van der Waals surface area (Å²) < 4.78 is 10.8. The molecule has 2 heterocycles. The number of nitrogens with zero attached hydrogens (tertiary/aromatic N) is 3. The van der Waals surface area contributed by atoms with Crippen LogP contribution in [0.1, 0.15) is 27.7 Å². The van der Waals surface area contributed by atoms with E-state index in [9.17, 15) is 9.90 Å². The molecule has 8 heteroatoms. The van der Waals surface area contributed by atoms with Crippen molar-refractivity contribution in [3.05, 3.63) is 84.2 Å². The lowest BCUT2D eigenvalue weighted by Gasteiger charge is -2.12. The van der Waals surface area contributed by atoms with E-state index in [0.29, 0.717) is 33.5 Å². The first kappa shape index (κ1) is 21.7. The smallest absolute Gasteiger partial charge is 0.268 e. The van der Waals surface area contributed by atoms with Gasteiger partial charge in [0.05, 0.1) is 13.3 Å². The van der Waals surface area contributed by atoms with E-state index < -0.39 is 11.5 Å². The molecule has 4 aromatic rings. The monoisotopic (exact) mass is 440 g/mol. The van der Waals surface area contributed by atoms with Gasteiger partial charge >= 0.3 is 0 Å². The molecular weight excluding hydrogens is 420 g/mol. The number of carbonyl (C=O) groups is 1. The number of hydrogen-bond acceptors (Lipinski definition) is 7. The number of amides is 1. The van der Waals surface area contributed by atoms with Crippen LogP contribution in [-0.4, -0.2) is 33.1 Å². The number of nitrogens with two attached hydrogens (primary N) is 1. The molecule has 0 aliphatic heterocycles. The number of aryl methyl sites for hydroxylation is 1. The topological polar surface area (TPSA) is 124 Å². The summed E-state index contributed by atoms with van der Waals surface area (Å²) in [6, 6.07) is 12.2. The van der Waals surface area contributed by atoms with Crippen LogP contribution in [0.3, 0.4) is 0 Å². The van der Waals surface area contributed by atoms with Gasteiger partial charge in [-0.2, -0.15) is 0 Å². The molecule has 0 saturated heterocycles. The first-order chi connectivity index (χ1) is 15.8. The number of aromatic nitrogens is 3. The highest BCUT2D eigenvalue weighted by Gasteiger charge is 2.28. The summed E-state index contributed by atoms with van der Waals surface area (Å²) in [6.45, 7) is 5.36. The number of benzene rings is 2. The molecule has 0 saturated carbocycles. The van der Waals surface area contributed by atoms with Gasteiger partial charge in [-0.05, 0) is 37.1 Å². The van der Waals surface area contributed by atoms with Crippen LogP contribution in [0.5, 0.6) is 5.75 Å². The molecule has 0 radical (unpaired) electrons. The molecule has 33 heavy (non-hydrogen) atoms. The van der Waals surface area contributed by atoms with Crippen molar-refractivity contribution in [3.63, 3.8) is 0 Å². The molecule has 0 fully saturated rings. The van der Waals surface area contributed by atoms with Crippen molar-refractivity contribution >= 4 is 16.8 Å². The summed E-state index contributed by atoms with van der Waals surface area (Å²) in [5, 5.41) is 11.3. The Labute approximate surface area is 189 Å². The summed E-state index contributed by atoms with van der Waals surface area (Å²) in [6.07, 6.45) is 2.75. The number of aliphatic hydroxyl groups is 1. The highest BCUT2D eigenvalue weighted by molar-refractivity contribution is 6.05. The minimum atomic E-state index is -1.75. The van der Waals surface area contributed by atoms with Crippen molar-refractivity contribution in [2.24, 2.45) is 5.73 Å². The molecular formula is C25H20N4O4. The number of fused-ring (bicyclic) bond motifs is 1. The minimum Gasteiger partial charge on any atom is -0.494 e. The van der Waals surface area contributed by atoms with E-state index in [0.717, 1.165) is 0 Å². The lowest BCUT2D eigenvalue weighted by molar-refractivity contribution is 0.0997. The molecule has 0 aliphatic rings. The zero-order valence-electron chi connectivity index (χ0n) is 18.0. The van der Waals surface area contributed by atoms with Crippen molar-refractivity contribution in [1.82, 2.24) is 15.0 Å². The van der Waals surface area contributed by atoms with Crippen molar-refractivity contribution in [1.29, 1.82) is 0 Å². The van der Waals surface area contributed by atoms with E-state index >= 15 is 0 Å². The second kappa shape index (κ2) is 8.57. The Morgan fingerprint density at radius 3 is 2.73 bits per heavy atom. The highest BCUT2D eigenvalue weighted by Crippen LogP contribution is 2.28. The highest BCUT2D eigenvalue weighted by atomic mass is 16.5. The van der Waals surface area contributed by atoms with E-state index in [1.54, 1.807) is 49.4 Å². The third-order valence-corrected chi connectivity index (χ3v) is 4.90. The SMILES string of the molecule is C=CC(O)(C#Cc1cccc(-c2nc(C(N)=O)c3cccc(OC)c3n2)c1)c1ncc(C)o1. The van der Waals surface area contributed by atoms with Crippen LogP contribution in [0.4, 0.5) is 0 Å². The number of para-hydroxylation sites is 1. The third-order valence-electron chi connectivity index (χ3n) is 4.90. The summed E-state index contributed by atoms with van der Waals surface area (Å²) in [7, 11) is 1.52. The Morgan fingerprint density at radius 1 is 1.27 bits per heavy atom. The first-order valence-electron chi connectivity index (χ1n) is 9.91. The maximum atomic E-state index is 12.1. The Bertz CT molecular complexity index is 1450. The summed E-state index contributed by atoms with van der Waals surface area (Å²) in [5.41, 5.74) is 5.55. The molecule has 1 amide bonds. The number of carbonyl (C=O) groups excluding carboxylic acids is 1. The molecule has 2 aromatic carbocycles. The van der Waals surface area contributed by atoms with Crippen molar-refractivity contribution in [2.75, 3.05) is 7.11 Å². The molecule has 1 atom stereocenters. The van der Waals surface area contributed by atoms with E-state index in [1.165, 1.54) is 19.4 Å². The van der Waals surface area contributed by atoms with Gasteiger partial charge in [-0.1, -0.05) is 36.8 Å². The van der Waals surface area contributed by atoms with Crippen LogP contribution in [0.2, 0.25) is 0 Å². The minimum absolute atomic E-state index is 0.0368. The average Bonchev–Trinajstić information content (AvgIpc) is 3.28. The molecule has 3 N–H and O–H groups in total. The average molecular weight is 440 g/mol. The lowest BCUT2D eigenvalue weighted by atomic mass is 10.0. The number of oxazole rings is 1. The van der Waals surface area contributed by atoms with E-state index in [2.05, 4.69) is 33.4 Å². The summed E-state index contributed by atoms with van der Waals surface area (Å²) in [5.74, 6) is 6.33. The fraction of sp³-hybridized carbons (Fsp3) is 0.120. The zero-order valence-corrected chi connectivity index (χ0v) is 18.0. The van der Waals surface area contributed by atoms with Crippen molar-refractivity contribution < 1.29 is 19.1 Å². The van der Waals surface area contributed by atoms with E-state index in [-0.39, 0.29) is 17.4 Å². The molecule has 8 nitrogen and oxygen atoms in total. The normalized spacial score (nSPS) is 12.5. The van der Waals surface area contributed by atoms with Crippen LogP contribution in [0, 0.1) is 18.8 Å². The van der Waals surface area contributed by atoms with Gasteiger partial charge in [-0.15, -0.1) is 0 Å². The fourth-order valence-electron chi connectivity index (χ4n) is 3.23. The maximum absolute atomic E-state index is 12.1. The van der Waals surface area contributed by atoms with Gasteiger partial charge in [0.15, 0.2) is 5.82 Å². The number of ether oxygens (including phenoxy) is 1. The Balaban J connectivity index is 1.80. The second-order valence-electron chi connectivity index (χ2n) is 7.19. The number of rotatable bonds is 5. The van der Waals surface area contributed by atoms with E-state index in [4.69, 9.17) is 14.9 Å².